The van der Waals surface area contributed by atoms with Crippen molar-refractivity contribution in [2.24, 2.45) is 4.99 Å². The first kappa shape index (κ1) is 19.7. The zero-order valence-electron chi connectivity index (χ0n) is 13.4. The molecule has 0 spiro atoms. The zero-order chi connectivity index (χ0) is 16.5. The predicted octanol–water partition coefficient (Wildman–Crippen LogP) is -0.995. The van der Waals surface area contributed by atoms with Gasteiger partial charge < -0.3 is 16.0 Å². The summed E-state index contributed by atoms with van der Waals surface area (Å²) >= 11 is 0. The van der Waals surface area contributed by atoms with Crippen LogP contribution in [0.5, 0.6) is 0 Å². The SMILES string of the molecule is CCS(=O)(=O)NCCNC(=NC)NCC(=O)NC(C)(C)C. The van der Waals surface area contributed by atoms with Crippen LogP contribution in [-0.2, 0) is 14.8 Å². The lowest BCUT2D eigenvalue weighted by Gasteiger charge is -2.21. The molecule has 0 unspecified atom stereocenters. The van der Waals surface area contributed by atoms with Crippen LogP contribution in [-0.4, -0.2) is 58.3 Å². The molecule has 4 N–H and O–H groups in total. The van der Waals surface area contributed by atoms with E-state index in [-0.39, 0.29) is 30.3 Å². The predicted molar refractivity (Wildman–Crippen MR) is 84.7 cm³/mol. The van der Waals surface area contributed by atoms with E-state index in [4.69, 9.17) is 0 Å². The fourth-order valence-corrected chi connectivity index (χ4v) is 1.95. The lowest BCUT2D eigenvalue weighted by molar-refractivity contribution is -0.121. The van der Waals surface area contributed by atoms with Crippen molar-refractivity contribution in [2.45, 2.75) is 33.2 Å². The molecule has 0 saturated heterocycles. The number of amides is 1. The quantitative estimate of drug-likeness (QED) is 0.273. The van der Waals surface area contributed by atoms with Crippen LogP contribution in [0.15, 0.2) is 4.99 Å². The van der Waals surface area contributed by atoms with Gasteiger partial charge in [-0.15, -0.1) is 0 Å². The Balaban J connectivity index is 4.01. The molecule has 9 heteroatoms. The van der Waals surface area contributed by atoms with Gasteiger partial charge in [0.2, 0.25) is 15.9 Å². The topological polar surface area (TPSA) is 112 Å². The molecule has 0 atom stereocenters. The van der Waals surface area contributed by atoms with Crippen LogP contribution >= 0.6 is 0 Å². The lowest BCUT2D eigenvalue weighted by atomic mass is 10.1. The largest absolute Gasteiger partial charge is 0.355 e. The summed E-state index contributed by atoms with van der Waals surface area (Å²) in [5, 5.41) is 8.59. The highest BCUT2D eigenvalue weighted by Crippen LogP contribution is 1.96. The number of guanidine groups is 1. The summed E-state index contributed by atoms with van der Waals surface area (Å²) in [5.74, 6) is 0.347. The van der Waals surface area contributed by atoms with Crippen molar-refractivity contribution in [1.29, 1.82) is 0 Å². The van der Waals surface area contributed by atoms with Gasteiger partial charge >= 0.3 is 0 Å². The molecule has 0 aromatic rings. The van der Waals surface area contributed by atoms with Gasteiger partial charge in [0.15, 0.2) is 5.96 Å². The molecule has 0 rings (SSSR count). The number of nitrogens with one attached hydrogen (secondary N) is 4. The van der Waals surface area contributed by atoms with Crippen LogP contribution in [0.25, 0.3) is 0 Å². The highest BCUT2D eigenvalue weighted by Gasteiger charge is 2.13. The van der Waals surface area contributed by atoms with E-state index in [2.05, 4.69) is 25.7 Å². The normalized spacial score (nSPS) is 12.9. The fourth-order valence-electron chi connectivity index (χ4n) is 1.34. The van der Waals surface area contributed by atoms with Gasteiger partial charge in [0.25, 0.3) is 0 Å². The summed E-state index contributed by atoms with van der Waals surface area (Å²) in [4.78, 5) is 15.6. The average molecular weight is 321 g/mol. The Morgan fingerprint density at radius 1 is 1.14 bits per heavy atom. The molecule has 21 heavy (non-hydrogen) atoms. The van der Waals surface area contributed by atoms with Crippen molar-refractivity contribution in [3.05, 3.63) is 0 Å². The second kappa shape index (κ2) is 8.83. The van der Waals surface area contributed by atoms with Gasteiger partial charge in [0.05, 0.1) is 12.3 Å². The maximum atomic E-state index is 11.6. The van der Waals surface area contributed by atoms with Gasteiger partial charge in [-0.3, -0.25) is 9.79 Å². The highest BCUT2D eigenvalue weighted by atomic mass is 32.2. The second-order valence-corrected chi connectivity index (χ2v) is 7.54. The lowest BCUT2D eigenvalue weighted by Crippen LogP contribution is -2.49. The summed E-state index contributed by atoms with van der Waals surface area (Å²) in [7, 11) is -1.61. The Hall–Kier alpha value is -1.35. The number of carbonyl (C=O) groups excluding carboxylic acids is 1. The molecular weight excluding hydrogens is 294 g/mol. The van der Waals surface area contributed by atoms with E-state index in [0.717, 1.165) is 0 Å². The van der Waals surface area contributed by atoms with Crippen molar-refractivity contribution < 1.29 is 13.2 Å². The van der Waals surface area contributed by atoms with Gasteiger partial charge in [0, 0.05) is 25.7 Å². The van der Waals surface area contributed by atoms with E-state index in [9.17, 15) is 13.2 Å². The number of nitrogens with zero attached hydrogens (tertiary/aromatic N) is 1. The Morgan fingerprint density at radius 2 is 1.76 bits per heavy atom. The summed E-state index contributed by atoms with van der Waals surface area (Å²) in [5.41, 5.74) is -0.284. The van der Waals surface area contributed by atoms with Crippen LogP contribution < -0.4 is 20.7 Å². The second-order valence-electron chi connectivity index (χ2n) is 5.45. The molecule has 0 aliphatic rings. The van der Waals surface area contributed by atoms with Gasteiger partial charge in [-0.25, -0.2) is 13.1 Å². The van der Waals surface area contributed by atoms with E-state index >= 15 is 0 Å². The first-order chi connectivity index (χ1) is 9.59. The van der Waals surface area contributed by atoms with Gasteiger partial charge in [-0.1, -0.05) is 0 Å². The molecule has 0 radical (unpaired) electrons. The average Bonchev–Trinajstić information content (AvgIpc) is 2.36. The van der Waals surface area contributed by atoms with E-state index in [0.29, 0.717) is 12.5 Å². The maximum absolute atomic E-state index is 11.6. The summed E-state index contributed by atoms with van der Waals surface area (Å²) < 4.78 is 24.9. The zero-order valence-corrected chi connectivity index (χ0v) is 14.2. The van der Waals surface area contributed by atoms with Gasteiger partial charge in [-0.05, 0) is 27.7 Å². The van der Waals surface area contributed by atoms with E-state index < -0.39 is 10.0 Å². The van der Waals surface area contributed by atoms with Crippen LogP contribution in [0, 0.1) is 0 Å². The molecule has 0 aromatic carbocycles. The molecule has 0 bridgehead atoms. The van der Waals surface area contributed by atoms with Gasteiger partial charge in [0.1, 0.15) is 0 Å². The minimum atomic E-state index is -3.18. The fraction of sp³-hybridized carbons (Fsp3) is 0.833. The summed E-state index contributed by atoms with van der Waals surface area (Å²) in [6.45, 7) is 8.00. The molecule has 8 nitrogen and oxygen atoms in total. The number of rotatable bonds is 7. The van der Waals surface area contributed by atoms with Crippen molar-refractivity contribution >= 4 is 21.9 Å². The van der Waals surface area contributed by atoms with Crippen molar-refractivity contribution in [1.82, 2.24) is 20.7 Å². The minimum Gasteiger partial charge on any atom is -0.355 e. The van der Waals surface area contributed by atoms with Crippen LogP contribution in [0.1, 0.15) is 27.7 Å². The van der Waals surface area contributed by atoms with Gasteiger partial charge in [-0.2, -0.15) is 0 Å². The van der Waals surface area contributed by atoms with E-state index in [1.54, 1.807) is 14.0 Å². The van der Waals surface area contributed by atoms with Crippen LogP contribution in [0.3, 0.4) is 0 Å². The van der Waals surface area contributed by atoms with Crippen molar-refractivity contribution in [3.8, 4) is 0 Å². The number of carbonyl (C=O) groups is 1. The van der Waals surface area contributed by atoms with Crippen molar-refractivity contribution in [3.63, 3.8) is 0 Å². The smallest absolute Gasteiger partial charge is 0.239 e. The molecule has 0 aromatic heterocycles. The number of aliphatic imine (C=N–C) groups is 1. The van der Waals surface area contributed by atoms with E-state index in [1.165, 1.54) is 0 Å². The van der Waals surface area contributed by atoms with E-state index in [1.807, 2.05) is 20.8 Å². The summed E-state index contributed by atoms with van der Waals surface area (Å²) in [6.07, 6.45) is 0. The molecule has 0 fully saturated rings. The Labute approximate surface area is 127 Å². The number of hydrogen-bond acceptors (Lipinski definition) is 4. The van der Waals surface area contributed by atoms with Crippen molar-refractivity contribution in [2.75, 3.05) is 32.4 Å². The molecular formula is C12H27N5O3S. The number of hydrogen-bond donors (Lipinski definition) is 4. The minimum absolute atomic E-state index is 0.0486. The third-order valence-electron chi connectivity index (χ3n) is 2.27. The highest BCUT2D eigenvalue weighted by molar-refractivity contribution is 7.89. The number of sulfonamides is 1. The molecule has 1 amide bonds. The Bertz CT molecular complexity index is 454. The summed E-state index contributed by atoms with van der Waals surface area (Å²) in [6, 6.07) is 0. The third kappa shape index (κ3) is 11.0. The first-order valence-electron chi connectivity index (χ1n) is 6.82. The first-order valence-corrected chi connectivity index (χ1v) is 8.47. The molecule has 124 valence electrons. The monoisotopic (exact) mass is 321 g/mol. The Morgan fingerprint density at radius 3 is 2.24 bits per heavy atom. The Kier molecular flexibility index (Phi) is 8.26. The molecule has 0 aliphatic heterocycles. The van der Waals surface area contributed by atoms with Crippen LogP contribution in [0.4, 0.5) is 0 Å². The third-order valence-corrected chi connectivity index (χ3v) is 3.68. The molecule has 0 aliphatic carbocycles. The molecule has 0 heterocycles. The van der Waals surface area contributed by atoms with Crippen LogP contribution in [0.2, 0.25) is 0 Å². The molecule has 0 saturated carbocycles. The maximum Gasteiger partial charge on any atom is 0.239 e. The standard InChI is InChI=1S/C12H27N5O3S/c1-6-21(19,20)16-8-7-14-11(13-5)15-9-10(18)17-12(2,3)4/h16H,6-9H2,1-5H3,(H,17,18)(H2,13,14,15).